The van der Waals surface area contributed by atoms with Crippen LogP contribution >= 0.6 is 0 Å². The minimum atomic E-state index is -0.495. The van der Waals surface area contributed by atoms with Gasteiger partial charge in [-0.05, 0) is 26.7 Å². The van der Waals surface area contributed by atoms with Gasteiger partial charge >= 0.3 is 5.97 Å². The molecular formula is C19H30N2O5. The Bertz CT molecular complexity index is 590. The summed E-state index contributed by atoms with van der Waals surface area (Å²) in [5.74, 6) is 0.0269. The molecule has 0 saturated carbocycles. The highest BCUT2D eigenvalue weighted by atomic mass is 16.5. The Balaban J connectivity index is 2.94. The van der Waals surface area contributed by atoms with E-state index in [1.807, 2.05) is 6.92 Å². The van der Waals surface area contributed by atoms with E-state index >= 15 is 0 Å². The molecule has 0 unspecified atom stereocenters. The largest absolute Gasteiger partial charge is 0.492 e. The number of carbonyl (C=O) groups excluding carboxylic acids is 2. The summed E-state index contributed by atoms with van der Waals surface area (Å²) in [6.45, 7) is 8.82. The van der Waals surface area contributed by atoms with E-state index in [0.717, 1.165) is 31.2 Å². The molecule has 1 aromatic rings. The van der Waals surface area contributed by atoms with Crippen LogP contribution in [0.4, 0.5) is 0 Å². The Morgan fingerprint density at radius 1 is 1.08 bits per heavy atom. The molecule has 1 N–H and O–H groups in total. The number of nitrogens with zero attached hydrogens (tertiary/aromatic N) is 1. The molecule has 1 rings (SSSR count). The van der Waals surface area contributed by atoms with Crippen molar-refractivity contribution in [2.75, 3.05) is 26.4 Å². The number of hydrogen-bond acceptors (Lipinski definition) is 6. The van der Waals surface area contributed by atoms with Crippen molar-refractivity contribution in [2.24, 2.45) is 0 Å². The molecular weight excluding hydrogens is 336 g/mol. The molecule has 0 aliphatic heterocycles. The van der Waals surface area contributed by atoms with Crippen LogP contribution in [0.1, 0.15) is 62.5 Å². The van der Waals surface area contributed by atoms with E-state index in [1.165, 1.54) is 6.20 Å². The van der Waals surface area contributed by atoms with Gasteiger partial charge in [0.25, 0.3) is 5.91 Å². The second-order valence-electron chi connectivity index (χ2n) is 5.82. The maximum atomic E-state index is 12.4. The van der Waals surface area contributed by atoms with Crippen LogP contribution in [0.25, 0.3) is 0 Å². The van der Waals surface area contributed by atoms with Crippen LogP contribution in [0.15, 0.2) is 6.20 Å². The number of rotatable bonds is 12. The average Bonchev–Trinajstić information content (AvgIpc) is 2.63. The van der Waals surface area contributed by atoms with Crippen molar-refractivity contribution in [1.82, 2.24) is 10.3 Å². The van der Waals surface area contributed by atoms with Gasteiger partial charge in [0.1, 0.15) is 12.3 Å². The fourth-order valence-electron chi connectivity index (χ4n) is 2.15. The Morgan fingerprint density at radius 2 is 1.73 bits per heavy atom. The monoisotopic (exact) mass is 366 g/mol. The molecule has 0 aliphatic carbocycles. The minimum Gasteiger partial charge on any atom is -0.492 e. The third-order valence-electron chi connectivity index (χ3n) is 3.65. The third-order valence-corrected chi connectivity index (χ3v) is 3.65. The lowest BCUT2D eigenvalue weighted by atomic mass is 10.2. The van der Waals surface area contributed by atoms with E-state index in [2.05, 4.69) is 24.1 Å². The van der Waals surface area contributed by atoms with Gasteiger partial charge in [-0.2, -0.15) is 0 Å². The Labute approximate surface area is 155 Å². The summed E-state index contributed by atoms with van der Waals surface area (Å²) in [6.07, 6.45) is 5.33. The number of aromatic nitrogens is 1. The van der Waals surface area contributed by atoms with Crippen LogP contribution in [-0.4, -0.2) is 43.2 Å². The van der Waals surface area contributed by atoms with E-state index in [-0.39, 0.29) is 18.8 Å². The maximum Gasteiger partial charge on any atom is 0.325 e. The molecule has 26 heavy (non-hydrogen) atoms. The van der Waals surface area contributed by atoms with Crippen molar-refractivity contribution in [3.8, 4) is 11.5 Å². The highest BCUT2D eigenvalue weighted by molar-refractivity contribution is 5.97. The van der Waals surface area contributed by atoms with Crippen molar-refractivity contribution in [2.45, 2.75) is 53.4 Å². The van der Waals surface area contributed by atoms with Gasteiger partial charge < -0.3 is 19.5 Å². The van der Waals surface area contributed by atoms with Crippen LogP contribution in [0.3, 0.4) is 0 Å². The number of esters is 1. The smallest absolute Gasteiger partial charge is 0.325 e. The molecule has 7 nitrogen and oxygen atoms in total. The van der Waals surface area contributed by atoms with Crippen LogP contribution in [0, 0.1) is 6.92 Å². The Hall–Kier alpha value is -2.31. The highest BCUT2D eigenvalue weighted by Crippen LogP contribution is 2.30. The van der Waals surface area contributed by atoms with Gasteiger partial charge in [0.2, 0.25) is 0 Å². The van der Waals surface area contributed by atoms with Gasteiger partial charge in [-0.1, -0.05) is 26.7 Å². The summed E-state index contributed by atoms with van der Waals surface area (Å²) in [5, 5.41) is 2.52. The fraction of sp³-hybridized carbons (Fsp3) is 0.632. The number of nitrogens with one attached hydrogen (secondary N) is 1. The quantitative estimate of drug-likeness (QED) is 0.452. The van der Waals surface area contributed by atoms with E-state index in [4.69, 9.17) is 14.2 Å². The molecule has 0 atom stereocenters. The number of pyridine rings is 1. The molecule has 1 heterocycles. The number of ether oxygens (including phenoxy) is 3. The lowest BCUT2D eigenvalue weighted by Crippen LogP contribution is -2.31. The summed E-state index contributed by atoms with van der Waals surface area (Å²) in [6, 6.07) is 0. The number of hydrogen-bond donors (Lipinski definition) is 1. The minimum absolute atomic E-state index is 0.144. The predicted octanol–water partition coefficient (Wildman–Crippen LogP) is 3.04. The molecule has 0 aliphatic rings. The summed E-state index contributed by atoms with van der Waals surface area (Å²) in [5.41, 5.74) is 0.874. The molecule has 0 aromatic carbocycles. The van der Waals surface area contributed by atoms with Crippen LogP contribution in [-0.2, 0) is 9.53 Å². The second kappa shape index (κ2) is 12.1. The molecule has 1 aromatic heterocycles. The van der Waals surface area contributed by atoms with Crippen LogP contribution in [0.5, 0.6) is 11.5 Å². The first-order valence-electron chi connectivity index (χ1n) is 9.24. The first-order valence-corrected chi connectivity index (χ1v) is 9.24. The Morgan fingerprint density at radius 3 is 2.35 bits per heavy atom. The van der Waals surface area contributed by atoms with Crippen molar-refractivity contribution in [1.29, 1.82) is 0 Å². The van der Waals surface area contributed by atoms with Gasteiger partial charge in [0.05, 0.1) is 26.0 Å². The number of carbonyl (C=O) groups is 2. The molecule has 0 saturated heterocycles. The SMILES string of the molecule is CCCCOc1cnc(C(=O)NCC(=O)OCC)c(OCCCC)c1C. The molecule has 0 fully saturated rings. The maximum absolute atomic E-state index is 12.4. The summed E-state index contributed by atoms with van der Waals surface area (Å²) in [4.78, 5) is 28.1. The number of amides is 1. The zero-order valence-electron chi connectivity index (χ0n) is 16.2. The zero-order valence-corrected chi connectivity index (χ0v) is 16.2. The van der Waals surface area contributed by atoms with E-state index in [0.29, 0.717) is 24.7 Å². The first kappa shape index (κ1) is 21.7. The lowest BCUT2D eigenvalue weighted by molar-refractivity contribution is -0.141. The average molecular weight is 366 g/mol. The van der Waals surface area contributed by atoms with Gasteiger partial charge in [-0.25, -0.2) is 4.98 Å². The number of unbranched alkanes of at least 4 members (excludes halogenated alkanes) is 2. The lowest BCUT2D eigenvalue weighted by Gasteiger charge is -2.16. The third kappa shape index (κ3) is 6.90. The summed E-state index contributed by atoms with van der Waals surface area (Å²) >= 11 is 0. The molecule has 0 radical (unpaired) electrons. The van der Waals surface area contributed by atoms with Crippen LogP contribution in [0.2, 0.25) is 0 Å². The topological polar surface area (TPSA) is 86.8 Å². The normalized spacial score (nSPS) is 10.3. The molecule has 0 bridgehead atoms. The van der Waals surface area contributed by atoms with Gasteiger partial charge in [-0.15, -0.1) is 0 Å². The van der Waals surface area contributed by atoms with Crippen molar-refractivity contribution in [3.63, 3.8) is 0 Å². The molecule has 0 spiro atoms. The Kier molecular flexibility index (Phi) is 10.1. The molecule has 1 amide bonds. The van der Waals surface area contributed by atoms with Gasteiger partial charge in [0, 0.05) is 5.56 Å². The summed E-state index contributed by atoms with van der Waals surface area (Å²) in [7, 11) is 0. The zero-order chi connectivity index (χ0) is 19.4. The van der Waals surface area contributed by atoms with Gasteiger partial charge in [-0.3, -0.25) is 9.59 Å². The van der Waals surface area contributed by atoms with E-state index in [1.54, 1.807) is 6.92 Å². The highest BCUT2D eigenvalue weighted by Gasteiger charge is 2.20. The standard InChI is InChI=1S/C19H30N2O5/c1-5-8-10-25-15-12-20-17(18(14(15)4)26-11-9-6-2)19(23)21-13-16(22)24-7-3/h12H,5-11,13H2,1-4H3,(H,21,23). The van der Waals surface area contributed by atoms with Crippen LogP contribution < -0.4 is 14.8 Å². The van der Waals surface area contributed by atoms with Gasteiger partial charge in [0.15, 0.2) is 11.4 Å². The summed E-state index contributed by atoms with van der Waals surface area (Å²) < 4.78 is 16.4. The van der Waals surface area contributed by atoms with Crippen molar-refractivity contribution >= 4 is 11.9 Å². The van der Waals surface area contributed by atoms with E-state index in [9.17, 15) is 9.59 Å². The molecule has 7 heteroatoms. The van der Waals surface area contributed by atoms with E-state index < -0.39 is 11.9 Å². The predicted molar refractivity (Wildman–Crippen MR) is 98.7 cm³/mol. The van der Waals surface area contributed by atoms with Crippen molar-refractivity contribution < 1.29 is 23.8 Å². The first-order chi connectivity index (χ1) is 12.5. The second-order valence-corrected chi connectivity index (χ2v) is 5.82. The van der Waals surface area contributed by atoms with Crippen molar-refractivity contribution in [3.05, 3.63) is 17.5 Å². The fourth-order valence-corrected chi connectivity index (χ4v) is 2.15. The molecule has 146 valence electrons.